The summed E-state index contributed by atoms with van der Waals surface area (Å²) in [6, 6.07) is 3.42. The Labute approximate surface area is 141 Å². The predicted molar refractivity (Wildman–Crippen MR) is 92.2 cm³/mol. The zero-order valence-corrected chi connectivity index (χ0v) is 14.5. The highest BCUT2D eigenvalue weighted by molar-refractivity contribution is 5.95. The predicted octanol–water partition coefficient (Wildman–Crippen LogP) is 1.12. The van der Waals surface area contributed by atoms with Crippen molar-refractivity contribution in [3.8, 4) is 5.82 Å². The van der Waals surface area contributed by atoms with Crippen LogP contribution in [-0.4, -0.2) is 46.8 Å². The van der Waals surface area contributed by atoms with Gasteiger partial charge in [-0.15, -0.1) is 5.10 Å². The van der Waals surface area contributed by atoms with Crippen molar-refractivity contribution >= 4 is 17.5 Å². The zero-order valence-electron chi connectivity index (χ0n) is 14.5. The highest BCUT2D eigenvalue weighted by Crippen LogP contribution is 2.32. The molecule has 0 saturated heterocycles. The third-order valence-corrected chi connectivity index (χ3v) is 4.02. The second-order valence-electron chi connectivity index (χ2n) is 6.41. The molecule has 1 aliphatic carbocycles. The first-order chi connectivity index (χ1) is 11.4. The number of anilines is 2. The summed E-state index contributed by atoms with van der Waals surface area (Å²) in [7, 11) is 5.53. The van der Waals surface area contributed by atoms with Gasteiger partial charge >= 0.3 is 0 Å². The molecule has 2 heterocycles. The minimum Gasteiger partial charge on any atom is -0.346 e. The van der Waals surface area contributed by atoms with Crippen molar-refractivity contribution in [1.82, 2.24) is 19.7 Å². The molecule has 0 aliphatic heterocycles. The molecule has 3 rings (SSSR count). The molecular weight excluding hydrogens is 306 g/mol. The molecule has 1 unspecified atom stereocenters. The molecule has 1 aliphatic rings. The smallest absolute Gasteiger partial charge is 0.245 e. The molecule has 1 amide bonds. The van der Waals surface area contributed by atoms with Crippen LogP contribution in [0, 0.1) is 5.92 Å². The summed E-state index contributed by atoms with van der Waals surface area (Å²) in [6.45, 7) is 1.86. The number of hydrogen-bond donors (Lipinski definition) is 1. The van der Waals surface area contributed by atoms with Gasteiger partial charge in [-0.2, -0.15) is 9.67 Å². The molecule has 0 radical (unpaired) electrons. The maximum Gasteiger partial charge on any atom is 0.245 e. The van der Waals surface area contributed by atoms with E-state index in [0.717, 1.165) is 18.5 Å². The Morgan fingerprint density at radius 3 is 2.54 bits per heavy atom. The van der Waals surface area contributed by atoms with E-state index in [-0.39, 0.29) is 17.9 Å². The maximum absolute atomic E-state index is 12.1. The van der Waals surface area contributed by atoms with Crippen molar-refractivity contribution in [2.75, 3.05) is 30.9 Å². The van der Waals surface area contributed by atoms with Gasteiger partial charge in [0.1, 0.15) is 0 Å². The van der Waals surface area contributed by atoms with Gasteiger partial charge in [0.05, 0.1) is 17.9 Å². The van der Waals surface area contributed by atoms with Gasteiger partial charge in [0, 0.05) is 27.1 Å². The van der Waals surface area contributed by atoms with Crippen LogP contribution in [0.25, 0.3) is 5.82 Å². The molecule has 8 nitrogen and oxygen atoms in total. The van der Waals surface area contributed by atoms with Gasteiger partial charge in [0.25, 0.3) is 0 Å². The Bertz CT molecular complexity index is 731. The van der Waals surface area contributed by atoms with Crippen molar-refractivity contribution < 1.29 is 4.79 Å². The fourth-order valence-electron chi connectivity index (χ4n) is 2.40. The SMILES string of the molecule is CC(N)c1nc(N(C)C)nn1-c1ccc(N(C)C(=O)C2CC2)cn1. The lowest BCUT2D eigenvalue weighted by molar-refractivity contribution is -0.119. The highest BCUT2D eigenvalue weighted by Gasteiger charge is 2.32. The van der Waals surface area contributed by atoms with E-state index >= 15 is 0 Å². The summed E-state index contributed by atoms with van der Waals surface area (Å²) in [5.41, 5.74) is 6.77. The minimum absolute atomic E-state index is 0.150. The van der Waals surface area contributed by atoms with Crippen LogP contribution < -0.4 is 15.5 Å². The number of carbonyl (C=O) groups is 1. The summed E-state index contributed by atoms with van der Waals surface area (Å²) >= 11 is 0. The van der Waals surface area contributed by atoms with Crippen molar-refractivity contribution in [2.45, 2.75) is 25.8 Å². The summed E-state index contributed by atoms with van der Waals surface area (Å²) in [6.07, 6.45) is 3.65. The number of pyridine rings is 1. The Kier molecular flexibility index (Phi) is 4.23. The first kappa shape index (κ1) is 16.4. The average Bonchev–Trinajstić information content (AvgIpc) is 3.30. The first-order valence-electron chi connectivity index (χ1n) is 8.02. The molecule has 8 heteroatoms. The van der Waals surface area contributed by atoms with Gasteiger partial charge in [-0.25, -0.2) is 4.98 Å². The van der Waals surface area contributed by atoms with E-state index in [9.17, 15) is 4.79 Å². The van der Waals surface area contributed by atoms with Crippen LogP contribution in [0.1, 0.15) is 31.6 Å². The Morgan fingerprint density at radius 1 is 1.33 bits per heavy atom. The fourth-order valence-corrected chi connectivity index (χ4v) is 2.40. The van der Waals surface area contributed by atoms with E-state index in [1.54, 1.807) is 22.8 Å². The van der Waals surface area contributed by atoms with Crippen LogP contribution in [0.15, 0.2) is 18.3 Å². The van der Waals surface area contributed by atoms with Crippen molar-refractivity contribution in [3.05, 3.63) is 24.2 Å². The lowest BCUT2D eigenvalue weighted by atomic mass is 10.3. The molecular formula is C16H23N7O. The number of amides is 1. The van der Waals surface area contributed by atoms with E-state index in [0.29, 0.717) is 17.6 Å². The van der Waals surface area contributed by atoms with Crippen LogP contribution in [0.5, 0.6) is 0 Å². The van der Waals surface area contributed by atoms with E-state index in [4.69, 9.17) is 5.73 Å². The fraction of sp³-hybridized carbons (Fsp3) is 0.500. The quantitative estimate of drug-likeness (QED) is 0.883. The molecule has 1 atom stereocenters. The summed E-state index contributed by atoms with van der Waals surface area (Å²) in [5, 5.41) is 4.46. The maximum atomic E-state index is 12.1. The van der Waals surface area contributed by atoms with Crippen LogP contribution in [-0.2, 0) is 4.79 Å². The number of carbonyl (C=O) groups excluding carboxylic acids is 1. The molecule has 0 spiro atoms. The molecule has 0 aromatic carbocycles. The van der Waals surface area contributed by atoms with Gasteiger partial charge in [-0.3, -0.25) is 4.79 Å². The molecule has 2 N–H and O–H groups in total. The van der Waals surface area contributed by atoms with Gasteiger partial charge in [0.15, 0.2) is 11.6 Å². The van der Waals surface area contributed by atoms with Gasteiger partial charge in [-0.05, 0) is 31.9 Å². The van der Waals surface area contributed by atoms with Crippen molar-refractivity contribution in [2.24, 2.45) is 11.7 Å². The number of hydrogen-bond acceptors (Lipinski definition) is 6. The minimum atomic E-state index is -0.271. The summed E-state index contributed by atoms with van der Waals surface area (Å²) < 4.78 is 1.65. The number of nitrogens with zero attached hydrogens (tertiary/aromatic N) is 6. The van der Waals surface area contributed by atoms with Crippen molar-refractivity contribution in [1.29, 1.82) is 0 Å². The second-order valence-corrected chi connectivity index (χ2v) is 6.41. The van der Waals surface area contributed by atoms with Crippen LogP contribution >= 0.6 is 0 Å². The second kappa shape index (κ2) is 6.20. The summed E-state index contributed by atoms with van der Waals surface area (Å²) in [4.78, 5) is 24.5. The van der Waals surface area contributed by atoms with Crippen LogP contribution in [0.4, 0.5) is 11.6 Å². The largest absolute Gasteiger partial charge is 0.346 e. The van der Waals surface area contributed by atoms with Gasteiger partial charge < -0.3 is 15.5 Å². The highest BCUT2D eigenvalue weighted by atomic mass is 16.2. The van der Waals surface area contributed by atoms with Gasteiger partial charge in [0.2, 0.25) is 11.9 Å². The molecule has 1 fully saturated rings. The summed E-state index contributed by atoms with van der Waals surface area (Å²) in [5.74, 6) is 2.17. The normalized spacial score (nSPS) is 15.2. The third-order valence-electron chi connectivity index (χ3n) is 4.02. The number of rotatable bonds is 5. The molecule has 24 heavy (non-hydrogen) atoms. The topological polar surface area (TPSA) is 93.2 Å². The van der Waals surface area contributed by atoms with E-state index in [1.165, 1.54) is 0 Å². The average molecular weight is 329 g/mol. The third kappa shape index (κ3) is 3.09. The standard InChI is InChI=1S/C16H23N7O/c1-10(17)14-19-16(21(2)3)20-23(14)13-8-7-12(9-18-13)22(4)15(24)11-5-6-11/h7-11H,5-6,17H2,1-4H3. The van der Waals surface area contributed by atoms with E-state index in [1.807, 2.05) is 38.1 Å². The molecule has 2 aromatic rings. The lowest BCUT2D eigenvalue weighted by Gasteiger charge is -2.17. The monoisotopic (exact) mass is 329 g/mol. The van der Waals surface area contributed by atoms with Gasteiger partial charge in [-0.1, -0.05) is 0 Å². The van der Waals surface area contributed by atoms with Crippen LogP contribution in [0.3, 0.4) is 0 Å². The number of nitrogens with two attached hydrogens (primary N) is 1. The Hall–Kier alpha value is -2.48. The lowest BCUT2D eigenvalue weighted by Crippen LogP contribution is -2.27. The Morgan fingerprint density at radius 2 is 2.04 bits per heavy atom. The number of aromatic nitrogens is 4. The molecule has 0 bridgehead atoms. The van der Waals surface area contributed by atoms with E-state index < -0.39 is 0 Å². The van der Waals surface area contributed by atoms with Crippen molar-refractivity contribution in [3.63, 3.8) is 0 Å². The first-order valence-corrected chi connectivity index (χ1v) is 8.02. The van der Waals surface area contributed by atoms with E-state index in [2.05, 4.69) is 15.1 Å². The molecule has 2 aromatic heterocycles. The molecule has 1 saturated carbocycles. The zero-order chi connectivity index (χ0) is 17.4. The Balaban J connectivity index is 1.89. The molecule has 128 valence electrons. The van der Waals surface area contributed by atoms with Crippen LogP contribution in [0.2, 0.25) is 0 Å².